The molecule has 0 aliphatic heterocycles. The van der Waals surface area contributed by atoms with E-state index in [0.717, 1.165) is 14.2 Å². The number of ether oxygens (including phenoxy) is 2. The smallest absolute Gasteiger partial charge is 0.364 e. The van der Waals surface area contributed by atoms with E-state index < -0.39 is 35.1 Å². The van der Waals surface area contributed by atoms with Gasteiger partial charge in [0.05, 0.1) is 19.8 Å². The Kier molecular flexibility index (Phi) is 4.67. The predicted octanol–water partition coefficient (Wildman–Crippen LogP) is 1.65. The second-order valence-electron chi connectivity index (χ2n) is 3.36. The number of rotatable bonds is 5. The van der Waals surface area contributed by atoms with Crippen LogP contribution in [-0.4, -0.2) is 30.1 Å². The molecular weight excluding hydrogens is 266 g/mol. The maximum atomic E-state index is 12.8. The number of hydrogen-bond acceptors (Lipinski definition) is 6. The van der Waals surface area contributed by atoms with Gasteiger partial charge in [0.15, 0.2) is 5.75 Å². The normalized spacial score (nSPS) is 10.4. The van der Waals surface area contributed by atoms with Gasteiger partial charge in [0.25, 0.3) is 6.43 Å². The predicted molar refractivity (Wildman–Crippen MR) is 58.1 cm³/mol. The molecule has 7 nitrogen and oxygen atoms in total. The second kappa shape index (κ2) is 6.03. The fraction of sp³-hybridized carbons (Fsp3) is 0.400. The third-order valence-corrected chi connectivity index (χ3v) is 2.22. The van der Waals surface area contributed by atoms with Crippen molar-refractivity contribution in [2.75, 3.05) is 14.2 Å². The first-order valence-corrected chi connectivity index (χ1v) is 4.97. The van der Waals surface area contributed by atoms with Gasteiger partial charge in [-0.3, -0.25) is 4.79 Å². The monoisotopic (exact) mass is 276 g/mol. The Morgan fingerprint density at radius 3 is 2.58 bits per heavy atom. The van der Waals surface area contributed by atoms with Gasteiger partial charge in [0.2, 0.25) is 5.69 Å². The molecule has 0 unspecified atom stereocenters. The molecule has 0 spiro atoms. The van der Waals surface area contributed by atoms with Crippen molar-refractivity contribution in [2.45, 2.75) is 12.8 Å². The number of aromatic nitrogens is 1. The Balaban J connectivity index is 3.39. The summed E-state index contributed by atoms with van der Waals surface area (Å²) < 4.78 is 34.7. The number of halogens is 2. The quantitative estimate of drug-likeness (QED) is 0.461. The summed E-state index contributed by atoms with van der Waals surface area (Å²) >= 11 is 0. The Bertz CT molecular complexity index is 507. The Labute approximate surface area is 106 Å². The van der Waals surface area contributed by atoms with Gasteiger partial charge in [-0.15, -0.1) is 0 Å². The number of nitro groups is 1. The molecule has 1 rings (SSSR count). The van der Waals surface area contributed by atoms with Gasteiger partial charge in [-0.2, -0.15) is 0 Å². The summed E-state index contributed by atoms with van der Waals surface area (Å²) in [6.07, 6.45) is -3.49. The molecular formula is C10H10F2N2O5. The summed E-state index contributed by atoms with van der Waals surface area (Å²) in [5, 5.41) is 10.6. The van der Waals surface area contributed by atoms with Crippen molar-refractivity contribution in [2.24, 2.45) is 0 Å². The van der Waals surface area contributed by atoms with E-state index in [-0.39, 0.29) is 11.4 Å². The standard InChI is InChI=1S/C10H10F2N2O5/c1-18-8(15)4-6-9(19-2)5(10(11)12)3-7(13-6)14(16)17/h3,10H,4H2,1-2H3. The lowest BCUT2D eigenvalue weighted by molar-refractivity contribution is -0.389. The molecule has 0 radical (unpaired) electrons. The van der Waals surface area contributed by atoms with Crippen molar-refractivity contribution in [3.8, 4) is 5.75 Å². The van der Waals surface area contributed by atoms with E-state index in [1.807, 2.05) is 0 Å². The highest BCUT2D eigenvalue weighted by Crippen LogP contribution is 2.34. The van der Waals surface area contributed by atoms with Gasteiger partial charge >= 0.3 is 11.8 Å². The Morgan fingerprint density at radius 2 is 2.16 bits per heavy atom. The maximum absolute atomic E-state index is 12.8. The van der Waals surface area contributed by atoms with E-state index in [2.05, 4.69) is 9.72 Å². The zero-order valence-corrected chi connectivity index (χ0v) is 10.1. The molecule has 0 amide bonds. The molecule has 1 aromatic rings. The molecule has 9 heteroatoms. The fourth-order valence-electron chi connectivity index (χ4n) is 1.41. The molecule has 0 N–H and O–H groups in total. The minimum atomic E-state index is -2.99. The van der Waals surface area contributed by atoms with E-state index in [1.165, 1.54) is 0 Å². The minimum absolute atomic E-state index is 0.265. The molecule has 0 saturated carbocycles. The molecule has 104 valence electrons. The number of esters is 1. The van der Waals surface area contributed by atoms with E-state index in [1.54, 1.807) is 0 Å². The Hall–Kier alpha value is -2.32. The van der Waals surface area contributed by atoms with E-state index in [4.69, 9.17) is 4.74 Å². The maximum Gasteiger partial charge on any atom is 0.364 e. The Morgan fingerprint density at radius 1 is 1.53 bits per heavy atom. The SMILES string of the molecule is COC(=O)Cc1nc([N+](=O)[O-])cc(C(F)F)c1OC. The molecule has 0 fully saturated rings. The van der Waals surface area contributed by atoms with E-state index in [0.29, 0.717) is 6.07 Å². The molecule has 0 bridgehead atoms. The summed E-state index contributed by atoms with van der Waals surface area (Å²) in [6, 6.07) is 0.615. The van der Waals surface area contributed by atoms with Gasteiger partial charge in [0, 0.05) is 6.07 Å². The molecule has 0 saturated heterocycles. The third kappa shape index (κ3) is 3.33. The van der Waals surface area contributed by atoms with Crippen LogP contribution in [0.2, 0.25) is 0 Å². The number of hydrogen-bond donors (Lipinski definition) is 0. The van der Waals surface area contributed by atoms with Crippen LogP contribution < -0.4 is 4.74 Å². The summed E-state index contributed by atoms with van der Waals surface area (Å²) in [5.41, 5.74) is -0.957. The molecule has 0 aliphatic rings. The highest BCUT2D eigenvalue weighted by molar-refractivity contribution is 5.73. The first kappa shape index (κ1) is 14.7. The summed E-state index contributed by atoms with van der Waals surface area (Å²) in [7, 11) is 2.20. The lowest BCUT2D eigenvalue weighted by Gasteiger charge is -2.09. The minimum Gasteiger partial charge on any atom is -0.492 e. The van der Waals surface area contributed by atoms with Crippen LogP contribution in [0.15, 0.2) is 6.07 Å². The van der Waals surface area contributed by atoms with Gasteiger partial charge in [0.1, 0.15) is 6.42 Å². The molecule has 1 aromatic heterocycles. The van der Waals surface area contributed by atoms with Crippen molar-refractivity contribution < 1.29 is 28.0 Å². The van der Waals surface area contributed by atoms with Crippen LogP contribution in [0.5, 0.6) is 5.75 Å². The third-order valence-electron chi connectivity index (χ3n) is 2.22. The summed E-state index contributed by atoms with van der Waals surface area (Å²) in [5.74, 6) is -1.91. The van der Waals surface area contributed by atoms with Crippen molar-refractivity contribution >= 4 is 11.8 Å². The van der Waals surface area contributed by atoms with Gasteiger partial charge < -0.3 is 19.6 Å². The molecule has 0 atom stereocenters. The topological polar surface area (TPSA) is 91.6 Å². The number of carbonyl (C=O) groups excluding carboxylic acids is 1. The van der Waals surface area contributed by atoms with Crippen LogP contribution in [0.25, 0.3) is 0 Å². The summed E-state index contributed by atoms with van der Waals surface area (Å²) in [4.78, 5) is 24.4. The molecule has 0 aliphatic carbocycles. The number of methoxy groups -OCH3 is 2. The van der Waals surface area contributed by atoms with Crippen molar-refractivity contribution in [3.05, 3.63) is 27.4 Å². The zero-order chi connectivity index (χ0) is 14.6. The van der Waals surface area contributed by atoms with Gasteiger partial charge in [-0.1, -0.05) is 0 Å². The summed E-state index contributed by atoms with van der Waals surface area (Å²) in [6.45, 7) is 0. The van der Waals surface area contributed by atoms with Gasteiger partial charge in [-0.25, -0.2) is 8.78 Å². The highest BCUT2D eigenvalue weighted by Gasteiger charge is 2.27. The number of alkyl halides is 2. The average molecular weight is 276 g/mol. The largest absolute Gasteiger partial charge is 0.492 e. The van der Waals surface area contributed by atoms with Crippen LogP contribution in [0, 0.1) is 10.1 Å². The van der Waals surface area contributed by atoms with Crippen molar-refractivity contribution in [3.63, 3.8) is 0 Å². The van der Waals surface area contributed by atoms with Crippen LogP contribution in [0.1, 0.15) is 17.7 Å². The zero-order valence-electron chi connectivity index (χ0n) is 10.1. The number of carbonyl (C=O) groups is 1. The van der Waals surface area contributed by atoms with E-state index >= 15 is 0 Å². The van der Waals surface area contributed by atoms with Gasteiger partial charge in [-0.05, 0) is 9.91 Å². The fourth-order valence-corrected chi connectivity index (χ4v) is 1.41. The lowest BCUT2D eigenvalue weighted by atomic mass is 10.1. The molecule has 0 aromatic carbocycles. The molecule has 19 heavy (non-hydrogen) atoms. The number of nitrogens with zero attached hydrogens (tertiary/aromatic N) is 2. The van der Waals surface area contributed by atoms with Crippen molar-refractivity contribution in [1.29, 1.82) is 0 Å². The average Bonchev–Trinajstić information content (AvgIpc) is 2.37. The second-order valence-corrected chi connectivity index (χ2v) is 3.36. The van der Waals surface area contributed by atoms with Crippen LogP contribution in [-0.2, 0) is 16.0 Å². The first-order valence-electron chi connectivity index (χ1n) is 4.97. The highest BCUT2D eigenvalue weighted by atomic mass is 19.3. The van der Waals surface area contributed by atoms with Crippen LogP contribution in [0.3, 0.4) is 0 Å². The lowest BCUT2D eigenvalue weighted by Crippen LogP contribution is -2.10. The van der Waals surface area contributed by atoms with Crippen LogP contribution >= 0.6 is 0 Å². The van der Waals surface area contributed by atoms with E-state index in [9.17, 15) is 23.7 Å². The van der Waals surface area contributed by atoms with Crippen molar-refractivity contribution in [1.82, 2.24) is 4.98 Å². The van der Waals surface area contributed by atoms with Crippen LogP contribution in [0.4, 0.5) is 14.6 Å². The first-order chi connectivity index (χ1) is 8.90. The molecule has 1 heterocycles. The number of pyridine rings is 1.